The molecule has 16 bridgehead atoms. The molecule has 10 aliphatic heterocycles. The van der Waals surface area contributed by atoms with Crippen LogP contribution >= 0.6 is 0 Å². The molecule has 10 heteroatoms. The lowest BCUT2D eigenvalue weighted by atomic mass is 9.72. The largest absolute Gasteiger partial charge is 0.494 e. The number of ether oxygens (including phenoxy) is 4. The lowest BCUT2D eigenvalue weighted by Gasteiger charge is -2.28. The Balaban J connectivity index is 1.37. The first-order chi connectivity index (χ1) is 27.3. The van der Waals surface area contributed by atoms with Crippen molar-refractivity contribution in [1.29, 1.82) is 0 Å². The smallest absolute Gasteiger partial charge is 0.489 e. The summed E-state index contributed by atoms with van der Waals surface area (Å²) >= 11 is 0. The average Bonchev–Trinajstić information content (AvgIpc) is 3.92. The number of fused-ring (bicyclic) bond motifs is 4. The summed E-state index contributed by atoms with van der Waals surface area (Å²) in [5, 5.41) is 0. The van der Waals surface area contributed by atoms with Crippen molar-refractivity contribution in [3.63, 3.8) is 0 Å². The van der Waals surface area contributed by atoms with E-state index in [9.17, 15) is 0 Å². The third-order valence-corrected chi connectivity index (χ3v) is 12.8. The van der Waals surface area contributed by atoms with E-state index in [1.807, 2.05) is 0 Å². The summed E-state index contributed by atoms with van der Waals surface area (Å²) in [6.07, 6.45) is 3.61. The number of benzene rings is 4. The van der Waals surface area contributed by atoms with Crippen LogP contribution in [-0.2, 0) is 18.6 Å². The highest BCUT2D eigenvalue weighted by molar-refractivity contribution is 6.62. The Morgan fingerprint density at radius 3 is 1.36 bits per heavy atom. The number of rotatable bonds is 10. The predicted octanol–water partition coefficient (Wildman–Crippen LogP) is 8.58. The van der Waals surface area contributed by atoms with Gasteiger partial charge in [0, 0.05) is 11.8 Å². The molecule has 0 spiro atoms. The van der Waals surface area contributed by atoms with Crippen LogP contribution in [0.4, 0.5) is 0 Å². The van der Waals surface area contributed by atoms with Crippen LogP contribution in [0.15, 0.2) is 60.7 Å². The van der Waals surface area contributed by atoms with Crippen molar-refractivity contribution in [2.24, 2.45) is 23.7 Å². The van der Waals surface area contributed by atoms with Crippen LogP contribution in [0, 0.1) is 23.7 Å². The summed E-state index contributed by atoms with van der Waals surface area (Å²) in [6, 6.07) is 22.1. The van der Waals surface area contributed by atoms with Gasteiger partial charge >= 0.3 is 14.2 Å². The first-order valence-corrected chi connectivity index (χ1v) is 21.1. The molecule has 6 unspecified atom stereocenters. The molecule has 1 aliphatic carbocycles. The molecule has 15 rings (SSSR count). The van der Waals surface area contributed by atoms with E-state index in [1.165, 1.54) is 0 Å². The van der Waals surface area contributed by atoms with Crippen molar-refractivity contribution in [3.05, 3.63) is 60.7 Å². The van der Waals surface area contributed by atoms with Crippen molar-refractivity contribution < 1.29 is 37.6 Å². The van der Waals surface area contributed by atoms with Gasteiger partial charge < -0.3 is 37.6 Å². The van der Waals surface area contributed by atoms with Gasteiger partial charge in [-0.2, -0.15) is 0 Å². The van der Waals surface area contributed by atoms with E-state index in [4.69, 9.17) is 37.6 Å². The van der Waals surface area contributed by atoms with E-state index >= 15 is 0 Å². The molecule has 6 atom stereocenters. The van der Waals surface area contributed by atoms with Crippen LogP contribution in [0.1, 0.15) is 67.2 Å². The maximum Gasteiger partial charge on any atom is 0.494 e. The van der Waals surface area contributed by atoms with Crippen molar-refractivity contribution in [3.8, 4) is 67.5 Å². The fraction of sp³-hybridized carbons (Fsp3) is 0.478. The molecule has 0 N–H and O–H groups in total. The predicted molar refractivity (Wildman–Crippen MR) is 223 cm³/mol. The minimum Gasteiger partial charge on any atom is -0.489 e. The van der Waals surface area contributed by atoms with Crippen molar-refractivity contribution in [1.82, 2.24) is 0 Å². The quantitative estimate of drug-likeness (QED) is 0.131. The molecule has 0 radical (unpaired) electrons. The molecule has 4 aromatic carbocycles. The Morgan fingerprint density at radius 1 is 0.536 bits per heavy atom. The van der Waals surface area contributed by atoms with Gasteiger partial charge in [-0.15, -0.1) is 0 Å². The molecule has 2 saturated heterocycles. The Morgan fingerprint density at radius 2 is 0.946 bits per heavy atom. The molecule has 0 aromatic heterocycles. The van der Waals surface area contributed by atoms with Gasteiger partial charge in [0.15, 0.2) is 23.0 Å². The minimum atomic E-state index is -0.489. The second-order valence-corrected chi connectivity index (χ2v) is 16.6. The van der Waals surface area contributed by atoms with E-state index < -0.39 is 14.2 Å². The summed E-state index contributed by atoms with van der Waals surface area (Å²) in [6.45, 7) is 16.4. The zero-order chi connectivity index (χ0) is 38.5. The Hall–Kier alpha value is -3.95. The third kappa shape index (κ3) is 6.91. The molecule has 11 aliphatic rings. The molecule has 56 heavy (non-hydrogen) atoms. The molecular formula is C46H54B2O8. The van der Waals surface area contributed by atoms with Crippen LogP contribution in [-0.4, -0.2) is 66.1 Å². The molecule has 2 fully saturated rings. The highest BCUT2D eigenvalue weighted by Gasteiger charge is 2.40. The van der Waals surface area contributed by atoms with E-state index in [-0.39, 0.29) is 24.0 Å². The van der Waals surface area contributed by atoms with Gasteiger partial charge in [0.1, 0.15) is 0 Å². The van der Waals surface area contributed by atoms with E-state index in [2.05, 4.69) is 102 Å². The van der Waals surface area contributed by atoms with Crippen LogP contribution in [0.3, 0.4) is 0 Å². The van der Waals surface area contributed by atoms with Gasteiger partial charge in [-0.1, -0.05) is 90.8 Å². The summed E-state index contributed by atoms with van der Waals surface area (Å²) in [5.74, 6) is 3.89. The fourth-order valence-corrected chi connectivity index (χ4v) is 8.55. The zero-order valence-electron chi connectivity index (χ0n) is 33.7. The Labute approximate surface area is 332 Å². The highest BCUT2D eigenvalue weighted by Crippen LogP contribution is 2.53. The Kier molecular flexibility index (Phi) is 10.6. The summed E-state index contributed by atoms with van der Waals surface area (Å²) in [7, 11) is -0.979. The molecular weight excluding hydrogens is 702 g/mol. The average molecular weight is 757 g/mol. The van der Waals surface area contributed by atoms with Gasteiger partial charge in [-0.05, 0) is 104 Å². The monoisotopic (exact) mass is 756 g/mol. The summed E-state index contributed by atoms with van der Waals surface area (Å²) < 4.78 is 53.5. The van der Waals surface area contributed by atoms with E-state index in [0.29, 0.717) is 51.5 Å². The van der Waals surface area contributed by atoms with Gasteiger partial charge in [0.25, 0.3) is 0 Å². The lowest BCUT2D eigenvalue weighted by molar-refractivity contribution is 0.106. The van der Waals surface area contributed by atoms with E-state index in [0.717, 1.165) is 104 Å². The second kappa shape index (κ2) is 15.8. The molecule has 10 heterocycles. The molecule has 8 nitrogen and oxygen atoms in total. The summed E-state index contributed by atoms with van der Waals surface area (Å²) in [5.41, 5.74) is 10.5. The van der Waals surface area contributed by atoms with Gasteiger partial charge in [-0.3, -0.25) is 0 Å². The standard InChI is InChI=1S/C46H54B2O8/c1-7-27(5)21-49-41-19-39-37-17-43(41)51-23-29(9-3)45-25-53-48(55-45)32-12-14-34-33-13-11-31(15-35(33)37)47-54-26-46(56-47)30(10-4)24-52-44-18-38(36(34)16-32)40(39)20-42(44)50-22-28(6)8-2/h11-20,27-30,45-46H,7-10,21-26H2,1-6H3. The SMILES string of the molecule is CCC(C)COc1cc2c3cc1OCC(CC)C1COB(O1)c1ccc4c(c1)-c1cc(c(OCC(C)CC)cc1-2)OCC(CC)C1COB(O1)c1ccc-4c-3c1. The van der Waals surface area contributed by atoms with Crippen LogP contribution in [0.2, 0.25) is 0 Å². The Bertz CT molecular complexity index is 1940. The van der Waals surface area contributed by atoms with Crippen molar-refractivity contribution >= 4 is 25.2 Å². The van der Waals surface area contributed by atoms with E-state index in [1.54, 1.807) is 0 Å². The minimum absolute atomic E-state index is 0.101. The molecule has 0 saturated carbocycles. The highest BCUT2D eigenvalue weighted by atomic mass is 16.7. The second-order valence-electron chi connectivity index (χ2n) is 16.6. The van der Waals surface area contributed by atoms with Gasteiger partial charge in [-0.25, -0.2) is 0 Å². The number of hydrogen-bond donors (Lipinski definition) is 0. The maximum atomic E-state index is 6.88. The van der Waals surface area contributed by atoms with Crippen LogP contribution < -0.4 is 29.9 Å². The topological polar surface area (TPSA) is 73.8 Å². The van der Waals surface area contributed by atoms with Crippen LogP contribution in [0.5, 0.6) is 23.0 Å². The zero-order valence-corrected chi connectivity index (χ0v) is 33.7. The first-order valence-electron chi connectivity index (χ1n) is 21.1. The van der Waals surface area contributed by atoms with Crippen LogP contribution in [0.25, 0.3) is 44.5 Å². The summed E-state index contributed by atoms with van der Waals surface area (Å²) in [4.78, 5) is 0. The first kappa shape index (κ1) is 37.6. The lowest BCUT2D eigenvalue weighted by Crippen LogP contribution is -2.35. The fourth-order valence-electron chi connectivity index (χ4n) is 8.55. The molecule has 4 aromatic rings. The van der Waals surface area contributed by atoms with Gasteiger partial charge in [0.05, 0.1) is 51.8 Å². The maximum absolute atomic E-state index is 6.88. The third-order valence-electron chi connectivity index (χ3n) is 12.8. The molecule has 0 amide bonds. The number of hydrogen-bond acceptors (Lipinski definition) is 8. The van der Waals surface area contributed by atoms with Gasteiger partial charge in [0.2, 0.25) is 0 Å². The normalized spacial score (nSPS) is 22.8. The van der Waals surface area contributed by atoms with Crippen molar-refractivity contribution in [2.75, 3.05) is 39.6 Å². The van der Waals surface area contributed by atoms with Crippen molar-refractivity contribution in [2.45, 2.75) is 79.4 Å². The molecule has 292 valence electrons.